The van der Waals surface area contributed by atoms with Crippen LogP contribution in [0.3, 0.4) is 0 Å². The summed E-state index contributed by atoms with van der Waals surface area (Å²) in [5.41, 5.74) is 5.91. The maximum atomic E-state index is 12.3. The number of carbonyl (C=O) groups excluding carboxylic acids is 1. The Morgan fingerprint density at radius 2 is 2.07 bits per heavy atom. The molecule has 5 heteroatoms. The van der Waals surface area contributed by atoms with Crippen molar-refractivity contribution in [3.8, 4) is 23.1 Å². The predicted molar refractivity (Wildman–Crippen MR) is 110 cm³/mol. The molecule has 0 saturated carbocycles. The first-order valence-electron chi connectivity index (χ1n) is 9.21. The van der Waals surface area contributed by atoms with E-state index in [1.54, 1.807) is 24.7 Å². The number of benzene rings is 1. The molecule has 1 N–H and O–H groups in total. The quantitative estimate of drug-likeness (QED) is 0.717. The fourth-order valence-corrected chi connectivity index (χ4v) is 3.31. The second kappa shape index (κ2) is 7.93. The number of pyridine rings is 2. The van der Waals surface area contributed by atoms with Crippen molar-refractivity contribution in [1.29, 1.82) is 0 Å². The van der Waals surface area contributed by atoms with Gasteiger partial charge in [0, 0.05) is 43.3 Å². The predicted octanol–water partition coefficient (Wildman–Crippen LogP) is 3.42. The number of nitrogens with zero attached hydrogens (tertiary/aromatic N) is 3. The van der Waals surface area contributed by atoms with E-state index < -0.39 is 0 Å². The standard InChI is InChI=1S/C23H20N4O/c1-2-11-27-12-9-19-13-18(6-8-22(19)27)20-5-7-21(25-16-20)23(28)26-15-17-4-3-10-24-14-17/h3-8,10,13-14,16H,9,12,15H2,1H3,(H,26,28). The number of hydrogen-bond donors (Lipinski definition) is 1. The summed E-state index contributed by atoms with van der Waals surface area (Å²) in [4.78, 5) is 22.8. The van der Waals surface area contributed by atoms with Crippen LogP contribution in [0.25, 0.3) is 11.1 Å². The van der Waals surface area contributed by atoms with Crippen molar-refractivity contribution < 1.29 is 4.79 Å². The molecular formula is C23H20N4O. The molecule has 0 bridgehead atoms. The van der Waals surface area contributed by atoms with Crippen LogP contribution in [0.2, 0.25) is 0 Å². The lowest BCUT2D eigenvalue weighted by molar-refractivity contribution is 0.0946. The van der Waals surface area contributed by atoms with E-state index in [1.807, 2.05) is 25.1 Å². The lowest BCUT2D eigenvalue weighted by Gasteiger charge is -2.11. The molecule has 1 aliphatic heterocycles. The summed E-state index contributed by atoms with van der Waals surface area (Å²) in [6.07, 6.45) is 6.18. The van der Waals surface area contributed by atoms with E-state index in [9.17, 15) is 4.79 Å². The molecule has 0 saturated heterocycles. The Morgan fingerprint density at radius 3 is 2.82 bits per heavy atom. The summed E-state index contributed by atoms with van der Waals surface area (Å²) in [5, 5.41) is 2.87. The molecule has 138 valence electrons. The molecular weight excluding hydrogens is 348 g/mol. The summed E-state index contributed by atoms with van der Waals surface area (Å²) in [6, 6.07) is 17.0. The number of anilines is 1. The van der Waals surface area contributed by atoms with Crippen molar-refractivity contribution >= 4 is 11.6 Å². The Morgan fingerprint density at radius 1 is 1.18 bits per heavy atom. The normalized spacial score (nSPS) is 12.1. The molecule has 0 spiro atoms. The fourth-order valence-electron chi connectivity index (χ4n) is 3.31. The number of carbonyl (C=O) groups is 1. The van der Waals surface area contributed by atoms with Crippen LogP contribution in [0.1, 0.15) is 28.5 Å². The average Bonchev–Trinajstić information content (AvgIpc) is 3.15. The van der Waals surface area contributed by atoms with Crippen molar-refractivity contribution in [2.24, 2.45) is 0 Å². The zero-order chi connectivity index (χ0) is 19.3. The summed E-state index contributed by atoms with van der Waals surface area (Å²) in [7, 11) is 0. The Labute approximate surface area is 164 Å². The van der Waals surface area contributed by atoms with Crippen molar-refractivity contribution in [3.63, 3.8) is 0 Å². The molecule has 0 fully saturated rings. The van der Waals surface area contributed by atoms with Crippen LogP contribution in [0.4, 0.5) is 5.69 Å². The molecule has 0 radical (unpaired) electrons. The van der Waals surface area contributed by atoms with Gasteiger partial charge in [-0.2, -0.15) is 0 Å². The second-order valence-electron chi connectivity index (χ2n) is 6.58. The lowest BCUT2D eigenvalue weighted by Crippen LogP contribution is -2.23. The molecule has 2 aromatic heterocycles. The van der Waals surface area contributed by atoms with Gasteiger partial charge in [-0.1, -0.05) is 24.1 Å². The molecule has 0 aliphatic carbocycles. The van der Waals surface area contributed by atoms with Crippen molar-refractivity contribution in [2.45, 2.75) is 19.9 Å². The summed E-state index contributed by atoms with van der Waals surface area (Å²) >= 11 is 0. The number of nitrogens with one attached hydrogen (secondary N) is 1. The van der Waals surface area contributed by atoms with E-state index in [2.05, 4.69) is 50.3 Å². The highest BCUT2D eigenvalue weighted by atomic mass is 16.1. The number of hydrogen-bond acceptors (Lipinski definition) is 4. The number of rotatable bonds is 4. The molecule has 28 heavy (non-hydrogen) atoms. The first-order chi connectivity index (χ1) is 13.7. The van der Waals surface area contributed by atoms with E-state index in [0.717, 1.165) is 29.7 Å². The zero-order valence-electron chi connectivity index (χ0n) is 15.6. The fraction of sp³-hybridized carbons (Fsp3) is 0.174. The van der Waals surface area contributed by atoms with Gasteiger partial charge in [0.05, 0.1) is 5.69 Å². The van der Waals surface area contributed by atoms with Gasteiger partial charge in [0.1, 0.15) is 5.69 Å². The minimum Gasteiger partial charge on any atom is -0.347 e. The Balaban J connectivity index is 1.46. The van der Waals surface area contributed by atoms with Crippen LogP contribution in [0.15, 0.2) is 61.1 Å². The molecule has 3 aromatic rings. The number of amides is 1. The number of aromatic nitrogens is 2. The van der Waals surface area contributed by atoms with Gasteiger partial charge < -0.3 is 10.2 Å². The molecule has 4 rings (SSSR count). The highest BCUT2D eigenvalue weighted by molar-refractivity contribution is 5.92. The SMILES string of the molecule is CC#CN1CCc2cc(-c3ccc(C(=O)NCc4cccnc4)nc3)ccc21. The minimum atomic E-state index is -0.196. The summed E-state index contributed by atoms with van der Waals surface area (Å²) in [5.74, 6) is 2.76. The van der Waals surface area contributed by atoms with Crippen LogP contribution >= 0.6 is 0 Å². The lowest BCUT2D eigenvalue weighted by atomic mass is 10.0. The van der Waals surface area contributed by atoms with Gasteiger partial charge in [-0.05, 0) is 54.3 Å². The van der Waals surface area contributed by atoms with Gasteiger partial charge in [-0.25, -0.2) is 0 Å². The minimum absolute atomic E-state index is 0.196. The molecule has 0 atom stereocenters. The van der Waals surface area contributed by atoms with E-state index in [-0.39, 0.29) is 5.91 Å². The van der Waals surface area contributed by atoms with Crippen LogP contribution in [0, 0.1) is 12.0 Å². The van der Waals surface area contributed by atoms with Gasteiger partial charge >= 0.3 is 0 Å². The largest absolute Gasteiger partial charge is 0.347 e. The molecule has 1 amide bonds. The third kappa shape index (κ3) is 3.72. The first-order valence-corrected chi connectivity index (χ1v) is 9.21. The second-order valence-corrected chi connectivity index (χ2v) is 6.58. The van der Waals surface area contributed by atoms with E-state index >= 15 is 0 Å². The van der Waals surface area contributed by atoms with Crippen molar-refractivity contribution in [3.05, 3.63) is 77.9 Å². The van der Waals surface area contributed by atoms with Crippen molar-refractivity contribution in [1.82, 2.24) is 15.3 Å². The van der Waals surface area contributed by atoms with Gasteiger partial charge in [0.15, 0.2) is 0 Å². The third-order valence-electron chi connectivity index (χ3n) is 4.73. The maximum Gasteiger partial charge on any atom is 0.270 e. The topological polar surface area (TPSA) is 58.1 Å². The summed E-state index contributed by atoms with van der Waals surface area (Å²) < 4.78 is 0. The Kier molecular flexibility index (Phi) is 5.03. The molecule has 3 heterocycles. The van der Waals surface area contributed by atoms with Gasteiger partial charge in [-0.3, -0.25) is 14.8 Å². The van der Waals surface area contributed by atoms with Crippen LogP contribution in [0.5, 0.6) is 0 Å². The van der Waals surface area contributed by atoms with Crippen molar-refractivity contribution in [2.75, 3.05) is 11.4 Å². The molecule has 1 aliphatic rings. The van der Waals surface area contributed by atoms with Gasteiger partial charge in [0.2, 0.25) is 0 Å². The van der Waals surface area contributed by atoms with Gasteiger partial charge in [0.25, 0.3) is 5.91 Å². The highest BCUT2D eigenvalue weighted by Crippen LogP contribution is 2.31. The first kappa shape index (κ1) is 17.7. The van der Waals surface area contributed by atoms with E-state index in [4.69, 9.17) is 0 Å². The average molecular weight is 368 g/mol. The number of fused-ring (bicyclic) bond motifs is 1. The third-order valence-corrected chi connectivity index (χ3v) is 4.73. The van der Waals surface area contributed by atoms with Crippen LogP contribution < -0.4 is 10.2 Å². The smallest absolute Gasteiger partial charge is 0.270 e. The Bertz CT molecular complexity index is 1050. The monoisotopic (exact) mass is 368 g/mol. The van der Waals surface area contributed by atoms with E-state index in [0.29, 0.717) is 12.2 Å². The van der Waals surface area contributed by atoms with E-state index in [1.165, 1.54) is 11.3 Å². The molecule has 5 nitrogen and oxygen atoms in total. The molecule has 0 unspecified atom stereocenters. The zero-order valence-corrected chi connectivity index (χ0v) is 15.6. The Hall–Kier alpha value is -3.65. The molecule has 1 aromatic carbocycles. The van der Waals surface area contributed by atoms with Crippen LogP contribution in [-0.2, 0) is 13.0 Å². The summed E-state index contributed by atoms with van der Waals surface area (Å²) in [6.45, 7) is 3.21. The van der Waals surface area contributed by atoms with Crippen LogP contribution in [-0.4, -0.2) is 22.4 Å². The maximum absolute atomic E-state index is 12.3. The van der Waals surface area contributed by atoms with Gasteiger partial charge in [-0.15, -0.1) is 0 Å². The highest BCUT2D eigenvalue weighted by Gasteiger charge is 2.18.